The summed E-state index contributed by atoms with van der Waals surface area (Å²) in [5.41, 5.74) is 10.2. The molecule has 23 heavy (non-hydrogen) atoms. The van der Waals surface area contributed by atoms with Crippen LogP contribution in [0.5, 0.6) is 0 Å². The van der Waals surface area contributed by atoms with Gasteiger partial charge in [0.2, 0.25) is 0 Å². The van der Waals surface area contributed by atoms with E-state index in [1.165, 1.54) is 32.0 Å². The van der Waals surface area contributed by atoms with Crippen molar-refractivity contribution in [2.45, 2.75) is 13.8 Å². The van der Waals surface area contributed by atoms with Crippen molar-refractivity contribution >= 4 is 5.91 Å². The first kappa shape index (κ1) is 13.7. The number of hydrogen-bond acceptors (Lipinski definition) is 2. The summed E-state index contributed by atoms with van der Waals surface area (Å²) in [4.78, 5) is 15.9. The van der Waals surface area contributed by atoms with Crippen LogP contribution in [-0.4, -0.2) is 10.9 Å². The lowest BCUT2D eigenvalue weighted by atomic mass is 9.90. The lowest BCUT2D eigenvalue weighted by Gasteiger charge is -2.14. The predicted molar refractivity (Wildman–Crippen MR) is 89.5 cm³/mol. The van der Waals surface area contributed by atoms with E-state index in [-0.39, 0.29) is 0 Å². The maximum absolute atomic E-state index is 11.7. The number of nitrogens with two attached hydrogens (primary N) is 1. The van der Waals surface area contributed by atoms with Gasteiger partial charge in [-0.25, -0.2) is 0 Å². The summed E-state index contributed by atoms with van der Waals surface area (Å²) in [5, 5.41) is 4.96. The number of fused-ring (bicyclic) bond motifs is 2. The quantitative estimate of drug-likeness (QED) is 0.617. The molecular weight excluding hydrogens is 284 g/mol. The molecule has 3 aromatic rings. The smallest absolute Gasteiger partial charge is 0.267 e. The summed E-state index contributed by atoms with van der Waals surface area (Å²) in [5.74, 6) is -0.502. The molecule has 3 heteroatoms. The number of carbonyl (C=O) groups excluding carboxylic acids is 1. The highest BCUT2D eigenvalue weighted by Gasteiger charge is 2.16. The minimum Gasteiger partial charge on any atom is -0.364 e. The largest absolute Gasteiger partial charge is 0.364 e. The normalized spacial score (nSPS) is 11.4. The molecule has 1 amide bonds. The van der Waals surface area contributed by atoms with Gasteiger partial charge in [-0.2, -0.15) is 0 Å². The standard InChI is InChI=1S/C20H16N2O/c1-11-8-9-16-17(12(11)2)15-6-3-5-13(18(15)16)14-7-4-10-22-19(14)20(21)23/h3-10H,1-2H3,(H2,21,23). The third kappa shape index (κ3) is 1.83. The lowest BCUT2D eigenvalue weighted by molar-refractivity contribution is 0.0996. The molecule has 112 valence electrons. The minimum atomic E-state index is -0.502. The minimum absolute atomic E-state index is 0.318. The van der Waals surface area contributed by atoms with Crippen LogP contribution >= 0.6 is 0 Å². The summed E-state index contributed by atoms with van der Waals surface area (Å²) < 4.78 is 0. The monoisotopic (exact) mass is 300 g/mol. The third-order valence-electron chi connectivity index (χ3n) is 4.67. The number of amides is 1. The van der Waals surface area contributed by atoms with Crippen molar-refractivity contribution in [1.29, 1.82) is 0 Å². The number of benzene rings is 2. The fourth-order valence-electron chi connectivity index (χ4n) is 3.40. The number of aryl methyl sites for hydroxylation is 1. The highest BCUT2D eigenvalue weighted by molar-refractivity contribution is 5.97. The van der Waals surface area contributed by atoms with E-state index in [1.807, 2.05) is 24.3 Å². The Hall–Kier alpha value is -2.94. The van der Waals surface area contributed by atoms with Crippen LogP contribution in [0.15, 0.2) is 48.7 Å². The van der Waals surface area contributed by atoms with Gasteiger partial charge in [-0.05, 0) is 57.5 Å². The van der Waals surface area contributed by atoms with E-state index in [2.05, 4.69) is 37.0 Å². The Bertz CT molecular complexity index is 1160. The molecule has 0 atom stereocenters. The van der Waals surface area contributed by atoms with Crippen molar-refractivity contribution in [2.75, 3.05) is 0 Å². The third-order valence-corrected chi connectivity index (χ3v) is 4.67. The Balaban J connectivity index is 2.15. The van der Waals surface area contributed by atoms with E-state index in [9.17, 15) is 4.79 Å². The van der Waals surface area contributed by atoms with Gasteiger partial charge in [0.05, 0.1) is 0 Å². The molecule has 0 fully saturated rings. The second-order valence-corrected chi connectivity index (χ2v) is 5.92. The van der Waals surface area contributed by atoms with E-state index in [4.69, 9.17) is 5.73 Å². The van der Waals surface area contributed by atoms with Crippen LogP contribution in [0.2, 0.25) is 0 Å². The second kappa shape index (κ2) is 4.78. The van der Waals surface area contributed by atoms with Crippen molar-refractivity contribution < 1.29 is 4.79 Å². The number of carbonyl (C=O) groups is 1. The fraction of sp³-hybridized carbons (Fsp3) is 0.100. The molecule has 0 radical (unpaired) electrons. The molecule has 0 saturated heterocycles. The van der Waals surface area contributed by atoms with Crippen LogP contribution in [0, 0.1) is 34.7 Å². The van der Waals surface area contributed by atoms with Crippen LogP contribution in [0.3, 0.4) is 0 Å². The Morgan fingerprint density at radius 2 is 1.65 bits per heavy atom. The van der Waals surface area contributed by atoms with Crippen molar-refractivity contribution in [2.24, 2.45) is 5.73 Å². The second-order valence-electron chi connectivity index (χ2n) is 5.92. The van der Waals surface area contributed by atoms with Crippen molar-refractivity contribution in [3.63, 3.8) is 0 Å². The molecule has 1 aliphatic rings. The van der Waals surface area contributed by atoms with E-state index >= 15 is 0 Å². The van der Waals surface area contributed by atoms with Crippen LogP contribution in [0.25, 0.3) is 11.1 Å². The Labute approximate surface area is 133 Å². The Morgan fingerprint density at radius 3 is 2.43 bits per heavy atom. The molecule has 0 spiro atoms. The summed E-state index contributed by atoms with van der Waals surface area (Å²) in [6.07, 6.45) is 1.60. The van der Waals surface area contributed by atoms with Crippen molar-refractivity contribution in [3.05, 3.63) is 86.4 Å². The van der Waals surface area contributed by atoms with Gasteiger partial charge in [-0.15, -0.1) is 0 Å². The summed E-state index contributed by atoms with van der Waals surface area (Å²) in [7, 11) is 0. The Kier molecular flexibility index (Phi) is 2.85. The summed E-state index contributed by atoms with van der Waals surface area (Å²) in [6.45, 7) is 4.28. The zero-order chi connectivity index (χ0) is 16.1. The summed E-state index contributed by atoms with van der Waals surface area (Å²) in [6, 6.07) is 14.2. The summed E-state index contributed by atoms with van der Waals surface area (Å²) >= 11 is 0. The average molecular weight is 300 g/mol. The molecule has 2 aromatic carbocycles. The molecule has 3 nitrogen and oxygen atoms in total. The van der Waals surface area contributed by atoms with Crippen LogP contribution in [0.1, 0.15) is 21.6 Å². The van der Waals surface area contributed by atoms with E-state index < -0.39 is 5.91 Å². The highest BCUT2D eigenvalue weighted by Crippen LogP contribution is 2.29. The SMILES string of the molecule is Cc1ccc2c(c1C)=c1cccc(-c3cccnc3C(N)=O)c1=2. The van der Waals surface area contributed by atoms with Gasteiger partial charge in [0.15, 0.2) is 0 Å². The van der Waals surface area contributed by atoms with Gasteiger partial charge in [-0.1, -0.05) is 36.4 Å². The molecule has 0 bridgehead atoms. The van der Waals surface area contributed by atoms with Gasteiger partial charge < -0.3 is 5.73 Å². The van der Waals surface area contributed by atoms with Crippen LogP contribution < -0.4 is 5.73 Å². The first-order valence-electron chi connectivity index (χ1n) is 7.58. The Morgan fingerprint density at radius 1 is 0.913 bits per heavy atom. The molecule has 1 heterocycles. The van der Waals surface area contributed by atoms with Gasteiger partial charge in [-0.3, -0.25) is 9.78 Å². The van der Waals surface area contributed by atoms with Crippen LogP contribution in [0.4, 0.5) is 0 Å². The van der Waals surface area contributed by atoms with E-state index in [0.29, 0.717) is 5.69 Å². The maximum Gasteiger partial charge on any atom is 0.267 e. The predicted octanol–water partition coefficient (Wildman–Crippen LogP) is 3.35. The first-order chi connectivity index (χ1) is 11.1. The molecule has 4 rings (SSSR count). The van der Waals surface area contributed by atoms with E-state index in [0.717, 1.165) is 11.1 Å². The number of nitrogens with zero attached hydrogens (tertiary/aromatic N) is 1. The molecule has 0 saturated carbocycles. The average Bonchev–Trinajstić information content (AvgIpc) is 2.54. The maximum atomic E-state index is 11.7. The number of primary amides is 1. The molecule has 1 aliphatic carbocycles. The van der Waals surface area contributed by atoms with Gasteiger partial charge in [0, 0.05) is 11.8 Å². The zero-order valence-corrected chi connectivity index (χ0v) is 13.1. The van der Waals surface area contributed by atoms with Gasteiger partial charge in [0.25, 0.3) is 5.91 Å². The van der Waals surface area contributed by atoms with Crippen molar-refractivity contribution in [3.8, 4) is 11.1 Å². The van der Waals surface area contributed by atoms with E-state index in [1.54, 1.807) is 6.20 Å². The topological polar surface area (TPSA) is 56.0 Å². The molecule has 0 unspecified atom stereocenters. The van der Waals surface area contributed by atoms with Gasteiger partial charge in [0.1, 0.15) is 5.69 Å². The molecule has 2 N–H and O–H groups in total. The first-order valence-corrected chi connectivity index (χ1v) is 7.58. The number of pyridine rings is 1. The number of hydrogen-bond donors (Lipinski definition) is 1. The highest BCUT2D eigenvalue weighted by atomic mass is 16.1. The molecular formula is C20H16N2O. The number of rotatable bonds is 2. The van der Waals surface area contributed by atoms with Crippen LogP contribution in [-0.2, 0) is 0 Å². The van der Waals surface area contributed by atoms with Gasteiger partial charge >= 0.3 is 0 Å². The lowest BCUT2D eigenvalue weighted by Crippen LogP contribution is -2.14. The van der Waals surface area contributed by atoms with Crippen molar-refractivity contribution in [1.82, 2.24) is 4.98 Å². The molecule has 1 aromatic heterocycles. The molecule has 0 aliphatic heterocycles. The fourth-order valence-corrected chi connectivity index (χ4v) is 3.40. The zero-order valence-electron chi connectivity index (χ0n) is 13.1. The number of aromatic nitrogens is 1.